The lowest BCUT2D eigenvalue weighted by atomic mass is 10.00. The number of nitrogens with one attached hydrogen (secondary N) is 10. The Morgan fingerprint density at radius 3 is 1.36 bits per heavy atom. The Labute approximate surface area is 421 Å². The summed E-state index contributed by atoms with van der Waals surface area (Å²) in [6, 6.07) is -0.608. The van der Waals surface area contributed by atoms with E-state index in [4.69, 9.17) is 28.7 Å². The van der Waals surface area contributed by atoms with Crippen LogP contribution in [0.25, 0.3) is 0 Å². The molecule has 72 heavy (non-hydrogen) atoms. The molecule has 1 aromatic rings. The fourth-order valence-electron chi connectivity index (χ4n) is 6.94. The van der Waals surface area contributed by atoms with Crippen molar-refractivity contribution < 1.29 is 53.1 Å². The van der Waals surface area contributed by atoms with E-state index in [1.54, 1.807) is 58.0 Å². The van der Waals surface area contributed by atoms with E-state index >= 15 is 0 Å². The quantitative estimate of drug-likeness (QED) is 0.0301. The Hall–Kier alpha value is -6.32. The van der Waals surface area contributed by atoms with Gasteiger partial charge in [0.25, 0.3) is 0 Å². The van der Waals surface area contributed by atoms with Crippen molar-refractivity contribution in [3.05, 3.63) is 35.9 Å². The van der Waals surface area contributed by atoms with Crippen LogP contribution < -0.4 is 81.8 Å². The largest absolute Gasteiger partial charge is 0.391 e. The van der Waals surface area contributed by atoms with E-state index in [1.807, 2.05) is 0 Å². The smallest absolute Gasteiger partial charge is 0.245 e. The van der Waals surface area contributed by atoms with Crippen molar-refractivity contribution in [2.24, 2.45) is 34.6 Å². The molecular weight excluding hydrogens is 939 g/mol. The number of hydrogen-bond donors (Lipinski definition) is 16. The standard InChI is InChI=1S/C46H81N15O11/c1-6-52-46(72)39(28(5)62)61-43(69)33(17-21-50)57-42(68)32(16-20-49)58-44(70)34(22-26(2)3)59-45(71)35(23-29-10-8-7-9-11-29)60-41(67)31(15-19-48)56-38(65)25-54-40(66)30(14-18-47)55-37(64)24-53-36(63)13-12-27(4)51/h7-11,26-28,30-35,39,62H,6,12-25,47-51H2,1-5H3,(H,52,72)(H,53,63)(H,54,66)(H,55,64)(H,56,65)(H,57,68)(H,58,70)(H,59,71)(H,60,67)(H,61,69)/t27-,28?,30-,31-,32-,33-,34-,35+,39?/m0/s1. The monoisotopic (exact) mass is 1020 g/mol. The van der Waals surface area contributed by atoms with E-state index in [1.165, 1.54) is 6.92 Å². The summed E-state index contributed by atoms with van der Waals surface area (Å²) < 4.78 is 0. The molecule has 1 aromatic carbocycles. The van der Waals surface area contributed by atoms with Crippen LogP contribution in [0.5, 0.6) is 0 Å². The summed E-state index contributed by atoms with van der Waals surface area (Å²) in [4.78, 5) is 132. The van der Waals surface area contributed by atoms with E-state index < -0.39 is 121 Å². The van der Waals surface area contributed by atoms with Crippen LogP contribution in [0.1, 0.15) is 85.1 Å². The summed E-state index contributed by atoms with van der Waals surface area (Å²) in [6.45, 7) is 7.23. The van der Waals surface area contributed by atoms with Gasteiger partial charge >= 0.3 is 0 Å². The molecule has 21 N–H and O–H groups in total. The first-order chi connectivity index (χ1) is 34.1. The van der Waals surface area contributed by atoms with Gasteiger partial charge in [-0.1, -0.05) is 44.2 Å². The van der Waals surface area contributed by atoms with Crippen LogP contribution in [0.3, 0.4) is 0 Å². The van der Waals surface area contributed by atoms with Crippen molar-refractivity contribution in [2.75, 3.05) is 45.8 Å². The minimum atomic E-state index is -1.34. The molecule has 0 bridgehead atoms. The lowest BCUT2D eigenvalue weighted by Crippen LogP contribution is -2.61. The molecule has 0 aromatic heterocycles. The van der Waals surface area contributed by atoms with Gasteiger partial charge in [-0.05, 0) is 97.0 Å². The van der Waals surface area contributed by atoms with E-state index in [0.717, 1.165) is 0 Å². The van der Waals surface area contributed by atoms with Crippen LogP contribution in [0.4, 0.5) is 0 Å². The molecule has 0 aliphatic carbocycles. The molecule has 0 aliphatic rings. The van der Waals surface area contributed by atoms with Crippen LogP contribution in [0.2, 0.25) is 0 Å². The van der Waals surface area contributed by atoms with E-state index in [9.17, 15) is 53.1 Å². The average molecular weight is 1020 g/mol. The number of nitrogens with two attached hydrogens (primary N) is 5. The van der Waals surface area contributed by atoms with Gasteiger partial charge in [0.05, 0.1) is 19.2 Å². The van der Waals surface area contributed by atoms with Crippen LogP contribution in [-0.2, 0) is 54.4 Å². The molecular formula is C46H81N15O11. The summed E-state index contributed by atoms with van der Waals surface area (Å²) in [5, 5.41) is 35.5. The number of rotatable bonds is 35. The average Bonchev–Trinajstić information content (AvgIpc) is 3.32. The lowest BCUT2D eigenvalue weighted by Gasteiger charge is -2.28. The zero-order valence-electron chi connectivity index (χ0n) is 42.2. The first kappa shape index (κ1) is 63.7. The van der Waals surface area contributed by atoms with Gasteiger partial charge < -0.3 is 86.9 Å². The van der Waals surface area contributed by atoms with Gasteiger partial charge in [-0.15, -0.1) is 0 Å². The van der Waals surface area contributed by atoms with Crippen LogP contribution >= 0.6 is 0 Å². The molecule has 9 atom stereocenters. The number of likely N-dealkylation sites (N-methyl/N-ethyl adjacent to an activating group) is 1. The molecule has 1 rings (SSSR count). The Bertz CT molecular complexity index is 1910. The van der Waals surface area contributed by atoms with Crippen LogP contribution in [0, 0.1) is 5.92 Å². The number of aliphatic hydroxyl groups is 1. The first-order valence-corrected chi connectivity index (χ1v) is 24.3. The maximum atomic E-state index is 14.2. The summed E-state index contributed by atoms with van der Waals surface area (Å²) in [6.07, 6.45) is -1.05. The number of hydrogen-bond acceptors (Lipinski definition) is 16. The highest BCUT2D eigenvalue weighted by Gasteiger charge is 2.34. The minimum Gasteiger partial charge on any atom is -0.391 e. The van der Waals surface area contributed by atoms with Gasteiger partial charge in [-0.2, -0.15) is 0 Å². The second kappa shape index (κ2) is 34.9. The van der Waals surface area contributed by atoms with Crippen molar-refractivity contribution in [2.45, 2.75) is 140 Å². The third-order valence-electron chi connectivity index (χ3n) is 10.8. The van der Waals surface area contributed by atoms with Crippen molar-refractivity contribution in [3.63, 3.8) is 0 Å². The SMILES string of the molecule is CCNC(=O)C(NC(=O)[C@H](CCN)NC(=O)[C@H](CCN)NC(=O)[C@H](CC(C)C)NC(=O)[C@@H](Cc1ccccc1)NC(=O)[C@H](CCN)NC(=O)CNC(=O)[C@H](CCN)NC(=O)CNC(=O)CC[C@H](C)N)C(C)O. The van der Waals surface area contributed by atoms with Gasteiger partial charge in [0.15, 0.2) is 0 Å². The molecule has 0 saturated carbocycles. The molecule has 26 nitrogen and oxygen atoms in total. The predicted octanol–water partition coefficient (Wildman–Crippen LogP) is -6.06. The highest BCUT2D eigenvalue weighted by atomic mass is 16.3. The van der Waals surface area contributed by atoms with E-state index in [0.29, 0.717) is 12.0 Å². The maximum absolute atomic E-state index is 14.2. The third kappa shape index (κ3) is 25.2. The Morgan fingerprint density at radius 1 is 0.486 bits per heavy atom. The maximum Gasteiger partial charge on any atom is 0.245 e. The zero-order valence-corrected chi connectivity index (χ0v) is 42.2. The van der Waals surface area contributed by atoms with Crippen molar-refractivity contribution in [1.82, 2.24) is 53.2 Å². The van der Waals surface area contributed by atoms with Gasteiger partial charge in [-0.25, -0.2) is 0 Å². The van der Waals surface area contributed by atoms with Gasteiger partial charge in [0.2, 0.25) is 59.1 Å². The molecule has 0 spiro atoms. The number of aliphatic hydroxyl groups excluding tert-OH is 1. The highest BCUT2D eigenvalue weighted by molar-refractivity contribution is 5.98. The number of benzene rings is 1. The first-order valence-electron chi connectivity index (χ1n) is 24.3. The summed E-state index contributed by atoms with van der Waals surface area (Å²) in [7, 11) is 0. The molecule has 2 unspecified atom stereocenters. The number of carbonyl (C=O) groups is 10. The van der Waals surface area contributed by atoms with Crippen molar-refractivity contribution >= 4 is 59.1 Å². The van der Waals surface area contributed by atoms with E-state index in [2.05, 4.69) is 53.2 Å². The molecule has 0 fully saturated rings. The predicted molar refractivity (Wildman–Crippen MR) is 267 cm³/mol. The van der Waals surface area contributed by atoms with Crippen LogP contribution in [0.15, 0.2) is 30.3 Å². The molecule has 10 amide bonds. The van der Waals surface area contributed by atoms with Crippen molar-refractivity contribution in [3.8, 4) is 0 Å². The molecule has 0 heterocycles. The normalized spacial score (nSPS) is 14.8. The third-order valence-corrected chi connectivity index (χ3v) is 10.8. The summed E-state index contributed by atoms with van der Waals surface area (Å²) in [5.41, 5.74) is 29.3. The summed E-state index contributed by atoms with van der Waals surface area (Å²) in [5.74, 6) is -7.54. The fourth-order valence-corrected chi connectivity index (χ4v) is 6.94. The summed E-state index contributed by atoms with van der Waals surface area (Å²) >= 11 is 0. The zero-order chi connectivity index (χ0) is 54.3. The second-order valence-electron chi connectivity index (χ2n) is 17.7. The number of carbonyl (C=O) groups excluding carboxylic acids is 10. The van der Waals surface area contributed by atoms with Gasteiger partial charge in [0.1, 0.15) is 42.3 Å². The van der Waals surface area contributed by atoms with Gasteiger partial charge in [-0.3, -0.25) is 47.9 Å². The molecule has 0 saturated heterocycles. The molecule has 0 radical (unpaired) electrons. The Kier molecular flexibility index (Phi) is 30.9. The Morgan fingerprint density at radius 2 is 0.903 bits per heavy atom. The minimum absolute atomic E-state index is 0.00495. The molecule has 0 aliphatic heterocycles. The number of amides is 10. The van der Waals surface area contributed by atoms with Gasteiger partial charge in [0, 0.05) is 25.4 Å². The fraction of sp³-hybridized carbons (Fsp3) is 0.652. The second-order valence-corrected chi connectivity index (χ2v) is 17.7. The van der Waals surface area contributed by atoms with Crippen LogP contribution in [-0.4, -0.2) is 164 Å². The molecule has 26 heteroatoms. The lowest BCUT2D eigenvalue weighted by molar-refractivity contribution is -0.136. The molecule has 406 valence electrons. The van der Waals surface area contributed by atoms with E-state index in [-0.39, 0.29) is 89.6 Å². The highest BCUT2D eigenvalue weighted by Crippen LogP contribution is 2.10. The van der Waals surface area contributed by atoms with Crippen molar-refractivity contribution in [1.29, 1.82) is 0 Å². The Balaban J connectivity index is 3.25. The topological polar surface area (TPSA) is 441 Å².